The first-order chi connectivity index (χ1) is 12.1. The van der Waals surface area contributed by atoms with Crippen molar-refractivity contribution in [2.24, 2.45) is 0 Å². The van der Waals surface area contributed by atoms with Crippen LogP contribution in [-0.2, 0) is 17.4 Å². The lowest BCUT2D eigenvalue weighted by Crippen LogP contribution is -2.46. The summed E-state index contributed by atoms with van der Waals surface area (Å²) in [5, 5.41) is 30.0. The number of nitrogens with zero attached hydrogens (tertiary/aromatic N) is 2. The summed E-state index contributed by atoms with van der Waals surface area (Å²) < 4.78 is 40.0. The van der Waals surface area contributed by atoms with Crippen LogP contribution in [0.15, 0.2) is 12.1 Å². The normalized spacial score (nSPS) is 19.9. The molecule has 0 saturated carbocycles. The van der Waals surface area contributed by atoms with Crippen LogP contribution in [0.25, 0.3) is 0 Å². The molecule has 2 rings (SSSR count). The molecule has 1 aromatic carbocycles. The Morgan fingerprint density at radius 2 is 2.08 bits per heavy atom. The number of likely N-dealkylation sites (tertiary alicyclic amines) is 1. The quantitative estimate of drug-likeness (QED) is 0.754. The molecule has 7 nitrogen and oxygen atoms in total. The van der Waals surface area contributed by atoms with Crippen LogP contribution in [0.3, 0.4) is 0 Å². The van der Waals surface area contributed by atoms with Gasteiger partial charge in [-0.15, -0.1) is 0 Å². The number of anilines is 1. The van der Waals surface area contributed by atoms with Crippen LogP contribution in [0.4, 0.5) is 23.7 Å². The second-order valence-corrected chi connectivity index (χ2v) is 5.74. The number of nitriles is 1. The molecular weight excluding hydrogens is 355 g/mol. The highest BCUT2D eigenvalue weighted by atomic mass is 19.4. The predicted octanol–water partition coefficient (Wildman–Crippen LogP) is 2.19. The summed E-state index contributed by atoms with van der Waals surface area (Å²) in [5.41, 5.74) is -2.12. The number of urea groups is 1. The second-order valence-electron chi connectivity index (χ2n) is 5.74. The first-order valence-electron chi connectivity index (χ1n) is 7.73. The molecule has 10 heteroatoms. The highest BCUT2D eigenvalue weighted by molar-refractivity contribution is 5.94. The minimum atomic E-state index is -4.79. The molecule has 26 heavy (non-hydrogen) atoms. The highest BCUT2D eigenvalue weighted by Gasteiger charge is 2.42. The molecular formula is C16H16F3N3O4. The number of benzene rings is 1. The summed E-state index contributed by atoms with van der Waals surface area (Å²) in [5.74, 6) is -1.41. The molecule has 3 N–H and O–H groups in total. The van der Waals surface area contributed by atoms with Crippen molar-refractivity contribution in [3.05, 3.63) is 28.8 Å². The zero-order chi connectivity index (χ0) is 19.6. The molecule has 0 spiro atoms. The van der Waals surface area contributed by atoms with Gasteiger partial charge in [-0.2, -0.15) is 18.4 Å². The molecule has 1 aliphatic rings. The van der Waals surface area contributed by atoms with E-state index in [1.54, 1.807) is 0 Å². The second kappa shape index (κ2) is 7.21. The Bertz CT molecular complexity index is 773. The molecule has 0 aromatic heterocycles. The van der Waals surface area contributed by atoms with Gasteiger partial charge < -0.3 is 20.4 Å². The Hall–Kier alpha value is -2.80. The first kappa shape index (κ1) is 19.5. The summed E-state index contributed by atoms with van der Waals surface area (Å²) in [6.07, 6.45) is -6.10. The van der Waals surface area contributed by atoms with Gasteiger partial charge in [-0.05, 0) is 30.5 Å². The molecule has 140 valence electrons. The van der Waals surface area contributed by atoms with Crippen molar-refractivity contribution in [2.75, 3.05) is 11.9 Å². The third-order valence-electron chi connectivity index (χ3n) is 4.19. The summed E-state index contributed by atoms with van der Waals surface area (Å²) in [6, 6.07) is 1.21. The number of hydrogen-bond donors (Lipinski definition) is 3. The molecule has 1 saturated heterocycles. The Kier molecular flexibility index (Phi) is 5.41. The Labute approximate surface area is 146 Å². The standard InChI is InChI=1S/C16H16F3N3O4/c1-2-9-10(4-3-8(7-20)12(9)16(17,18)19)21-15(26)22-6-5-11(23)13(22)14(24)25/h3-4,11,13,23H,2,5-6H2,1H3,(H,21,26)(H,24,25)/t11-,13+/m1/s1. The number of carbonyl (C=O) groups excluding carboxylic acids is 1. The van der Waals surface area contributed by atoms with E-state index in [1.807, 2.05) is 0 Å². The van der Waals surface area contributed by atoms with Crippen molar-refractivity contribution in [1.29, 1.82) is 5.26 Å². The maximum absolute atomic E-state index is 13.3. The topological polar surface area (TPSA) is 114 Å². The third kappa shape index (κ3) is 3.57. The van der Waals surface area contributed by atoms with E-state index in [-0.39, 0.29) is 30.6 Å². The van der Waals surface area contributed by atoms with Gasteiger partial charge in [0, 0.05) is 12.2 Å². The fourth-order valence-electron chi connectivity index (χ4n) is 3.04. The number of carbonyl (C=O) groups is 2. The van der Waals surface area contributed by atoms with Gasteiger partial charge >= 0.3 is 18.2 Å². The van der Waals surface area contributed by atoms with Crippen LogP contribution in [0, 0.1) is 11.3 Å². The van der Waals surface area contributed by atoms with Crippen molar-refractivity contribution in [3.63, 3.8) is 0 Å². The maximum Gasteiger partial charge on any atom is 0.418 e. The highest BCUT2D eigenvalue weighted by Crippen LogP contribution is 2.38. The molecule has 1 aliphatic heterocycles. The van der Waals surface area contributed by atoms with Crippen LogP contribution >= 0.6 is 0 Å². The van der Waals surface area contributed by atoms with Gasteiger partial charge in [0.05, 0.1) is 23.3 Å². The van der Waals surface area contributed by atoms with E-state index < -0.39 is 41.4 Å². The van der Waals surface area contributed by atoms with E-state index >= 15 is 0 Å². The van der Waals surface area contributed by atoms with Gasteiger partial charge in [0.2, 0.25) is 0 Å². The van der Waals surface area contributed by atoms with E-state index in [4.69, 9.17) is 10.4 Å². The van der Waals surface area contributed by atoms with Gasteiger partial charge in [0.1, 0.15) is 0 Å². The molecule has 1 heterocycles. The first-order valence-corrected chi connectivity index (χ1v) is 7.73. The molecule has 0 unspecified atom stereocenters. The van der Waals surface area contributed by atoms with Crippen molar-refractivity contribution >= 4 is 17.7 Å². The molecule has 2 atom stereocenters. The summed E-state index contributed by atoms with van der Waals surface area (Å²) in [4.78, 5) is 24.4. The van der Waals surface area contributed by atoms with Gasteiger partial charge in [-0.25, -0.2) is 9.59 Å². The van der Waals surface area contributed by atoms with Crippen LogP contribution in [0.5, 0.6) is 0 Å². The van der Waals surface area contributed by atoms with Gasteiger partial charge in [-0.1, -0.05) is 6.92 Å². The fourth-order valence-corrected chi connectivity index (χ4v) is 3.04. The molecule has 0 aliphatic carbocycles. The zero-order valence-corrected chi connectivity index (χ0v) is 13.7. The molecule has 1 fully saturated rings. The van der Waals surface area contributed by atoms with Crippen molar-refractivity contribution in [3.8, 4) is 6.07 Å². The summed E-state index contributed by atoms with van der Waals surface area (Å²) in [7, 11) is 0. The minimum Gasteiger partial charge on any atom is -0.480 e. The zero-order valence-electron chi connectivity index (χ0n) is 13.7. The van der Waals surface area contributed by atoms with E-state index in [9.17, 15) is 27.9 Å². The predicted molar refractivity (Wildman–Crippen MR) is 83.3 cm³/mol. The molecule has 0 radical (unpaired) electrons. The Morgan fingerprint density at radius 3 is 2.58 bits per heavy atom. The van der Waals surface area contributed by atoms with Crippen LogP contribution in [0.1, 0.15) is 30.0 Å². The van der Waals surface area contributed by atoms with Gasteiger partial charge in [0.25, 0.3) is 0 Å². The lowest BCUT2D eigenvalue weighted by Gasteiger charge is -2.24. The third-order valence-corrected chi connectivity index (χ3v) is 4.19. The van der Waals surface area contributed by atoms with E-state index in [2.05, 4.69) is 5.32 Å². The van der Waals surface area contributed by atoms with Gasteiger partial charge in [-0.3, -0.25) is 0 Å². The number of halogens is 3. The Morgan fingerprint density at radius 1 is 1.42 bits per heavy atom. The van der Waals surface area contributed by atoms with Crippen molar-refractivity contribution in [2.45, 2.75) is 38.1 Å². The van der Waals surface area contributed by atoms with Crippen LogP contribution in [0.2, 0.25) is 0 Å². The number of nitrogens with one attached hydrogen (secondary N) is 1. The Balaban J connectivity index is 2.40. The average Bonchev–Trinajstić information content (AvgIpc) is 2.95. The van der Waals surface area contributed by atoms with E-state index in [0.29, 0.717) is 0 Å². The largest absolute Gasteiger partial charge is 0.480 e. The summed E-state index contributed by atoms with van der Waals surface area (Å²) >= 11 is 0. The SMILES string of the molecule is CCc1c(NC(=O)N2CC[C@@H](O)[C@H]2C(=O)O)ccc(C#N)c1C(F)(F)F. The maximum atomic E-state index is 13.3. The number of carboxylic acid groups (broad SMARTS) is 1. The van der Waals surface area contributed by atoms with Crippen molar-refractivity contribution < 1.29 is 33.0 Å². The summed E-state index contributed by atoms with van der Waals surface area (Å²) in [6.45, 7) is 1.40. The van der Waals surface area contributed by atoms with E-state index in [1.165, 1.54) is 19.1 Å². The number of carboxylic acids is 1. The lowest BCUT2D eigenvalue weighted by atomic mass is 9.97. The van der Waals surface area contributed by atoms with Crippen molar-refractivity contribution in [1.82, 2.24) is 4.90 Å². The number of aliphatic hydroxyl groups excluding tert-OH is 1. The number of hydrogen-bond acceptors (Lipinski definition) is 4. The number of aliphatic carboxylic acids is 1. The number of rotatable bonds is 3. The fraction of sp³-hybridized carbons (Fsp3) is 0.438. The molecule has 0 bridgehead atoms. The van der Waals surface area contributed by atoms with Crippen LogP contribution < -0.4 is 5.32 Å². The molecule has 1 aromatic rings. The van der Waals surface area contributed by atoms with Crippen LogP contribution in [-0.4, -0.2) is 45.8 Å². The van der Waals surface area contributed by atoms with Gasteiger partial charge in [0.15, 0.2) is 6.04 Å². The lowest BCUT2D eigenvalue weighted by molar-refractivity contribution is -0.143. The number of amides is 2. The number of aliphatic hydroxyl groups is 1. The number of alkyl halides is 3. The smallest absolute Gasteiger partial charge is 0.418 e. The molecule has 2 amide bonds. The van der Waals surface area contributed by atoms with E-state index in [0.717, 1.165) is 11.0 Å². The minimum absolute atomic E-state index is 0.0478. The average molecular weight is 371 g/mol. The monoisotopic (exact) mass is 371 g/mol.